The molecule has 150 valence electrons. The van der Waals surface area contributed by atoms with E-state index in [9.17, 15) is 9.59 Å². The van der Waals surface area contributed by atoms with E-state index in [4.69, 9.17) is 21.1 Å². The lowest BCUT2D eigenvalue weighted by molar-refractivity contribution is -0.142. The molecule has 1 atom stereocenters. The minimum atomic E-state index is -0.590. The highest BCUT2D eigenvalue weighted by Gasteiger charge is 2.28. The van der Waals surface area contributed by atoms with E-state index in [2.05, 4.69) is 5.32 Å². The highest BCUT2D eigenvalue weighted by Crippen LogP contribution is 2.18. The van der Waals surface area contributed by atoms with Gasteiger partial charge in [-0.15, -0.1) is 0 Å². The number of amides is 2. The normalized spacial score (nSPS) is 11.4. The van der Waals surface area contributed by atoms with Gasteiger partial charge in [0, 0.05) is 18.6 Å². The van der Waals surface area contributed by atoms with Gasteiger partial charge in [-0.1, -0.05) is 30.7 Å². The zero-order chi connectivity index (χ0) is 20.5. The number of halogens is 1. The third-order valence-corrected chi connectivity index (χ3v) is 4.57. The second-order valence-corrected chi connectivity index (χ2v) is 6.59. The van der Waals surface area contributed by atoms with Crippen molar-refractivity contribution in [1.29, 1.82) is 0 Å². The molecule has 6 nitrogen and oxygen atoms in total. The number of carbonyl (C=O) groups is 2. The van der Waals surface area contributed by atoms with Crippen molar-refractivity contribution in [2.75, 3.05) is 20.8 Å². The number of nitrogens with zero attached hydrogens (tertiary/aromatic N) is 1. The van der Waals surface area contributed by atoms with E-state index in [-0.39, 0.29) is 25.0 Å². The molecule has 2 aromatic rings. The van der Waals surface area contributed by atoms with Crippen LogP contribution in [0.4, 0.5) is 0 Å². The van der Waals surface area contributed by atoms with Crippen molar-refractivity contribution < 1.29 is 19.1 Å². The third kappa shape index (κ3) is 5.89. The first kappa shape index (κ1) is 21.6. The number of likely N-dealkylation sites (N-methyl/N-ethyl adjacent to an activating group) is 1. The first-order valence-electron chi connectivity index (χ1n) is 9.00. The third-order valence-electron chi connectivity index (χ3n) is 4.32. The first-order chi connectivity index (χ1) is 13.5. The van der Waals surface area contributed by atoms with Gasteiger partial charge in [-0.2, -0.15) is 0 Å². The largest absolute Gasteiger partial charge is 0.497 e. The summed E-state index contributed by atoms with van der Waals surface area (Å²) < 4.78 is 10.7. The fraction of sp³-hybridized carbons (Fsp3) is 0.333. The van der Waals surface area contributed by atoms with E-state index < -0.39 is 6.04 Å². The number of rotatable bonds is 9. The summed E-state index contributed by atoms with van der Waals surface area (Å²) in [5, 5.41) is 3.24. The van der Waals surface area contributed by atoms with Crippen molar-refractivity contribution in [2.24, 2.45) is 0 Å². The zero-order valence-corrected chi connectivity index (χ0v) is 17.0. The zero-order valence-electron chi connectivity index (χ0n) is 16.3. The summed E-state index contributed by atoms with van der Waals surface area (Å²) in [7, 11) is 3.14. The lowest BCUT2D eigenvalue weighted by Gasteiger charge is -2.30. The minimum Gasteiger partial charge on any atom is -0.497 e. The van der Waals surface area contributed by atoms with Crippen LogP contribution in [0.1, 0.15) is 18.9 Å². The standard InChI is InChI=1S/C21H25ClN2O4/c1-4-19(21(26)23-2)24(13-15-5-7-16(22)8-6-15)20(25)14-28-18-11-9-17(27-3)10-12-18/h5-12,19H,4,13-14H2,1-3H3,(H,23,26)/t19-/m1/s1. The maximum absolute atomic E-state index is 12.9. The Balaban J connectivity index is 2.14. The van der Waals surface area contributed by atoms with Gasteiger partial charge in [0.15, 0.2) is 6.61 Å². The minimum absolute atomic E-state index is 0.173. The molecule has 2 aromatic carbocycles. The Hall–Kier alpha value is -2.73. The molecule has 0 heterocycles. The summed E-state index contributed by atoms with van der Waals surface area (Å²) in [5.74, 6) is 0.762. The molecule has 0 spiro atoms. The highest BCUT2D eigenvalue weighted by atomic mass is 35.5. The van der Waals surface area contributed by atoms with Crippen LogP contribution in [0.25, 0.3) is 0 Å². The highest BCUT2D eigenvalue weighted by molar-refractivity contribution is 6.30. The fourth-order valence-corrected chi connectivity index (χ4v) is 2.90. The number of ether oxygens (including phenoxy) is 2. The Morgan fingerprint density at radius 1 is 1.07 bits per heavy atom. The Kier molecular flexibility index (Phi) is 8.14. The van der Waals surface area contributed by atoms with E-state index in [1.54, 1.807) is 50.6 Å². The van der Waals surface area contributed by atoms with Crippen LogP contribution >= 0.6 is 11.6 Å². The van der Waals surface area contributed by atoms with Crippen molar-refractivity contribution >= 4 is 23.4 Å². The van der Waals surface area contributed by atoms with Crippen LogP contribution in [0.2, 0.25) is 5.02 Å². The number of carbonyl (C=O) groups excluding carboxylic acids is 2. The van der Waals surface area contributed by atoms with Gasteiger partial charge >= 0.3 is 0 Å². The van der Waals surface area contributed by atoms with E-state index in [1.165, 1.54) is 4.90 Å². The van der Waals surface area contributed by atoms with Gasteiger partial charge in [-0.25, -0.2) is 0 Å². The number of hydrogen-bond donors (Lipinski definition) is 1. The molecule has 0 bridgehead atoms. The molecule has 0 saturated carbocycles. The van der Waals surface area contributed by atoms with Crippen molar-refractivity contribution in [2.45, 2.75) is 25.9 Å². The lowest BCUT2D eigenvalue weighted by atomic mass is 10.1. The molecule has 0 fully saturated rings. The summed E-state index contributed by atoms with van der Waals surface area (Å²) in [4.78, 5) is 26.7. The molecular weight excluding hydrogens is 380 g/mol. The van der Waals surface area contributed by atoms with Crippen molar-refractivity contribution in [3.63, 3.8) is 0 Å². The van der Waals surface area contributed by atoms with E-state index >= 15 is 0 Å². The SMILES string of the molecule is CC[C@H](C(=O)NC)N(Cc1ccc(Cl)cc1)C(=O)COc1ccc(OC)cc1. The van der Waals surface area contributed by atoms with Gasteiger partial charge in [0.25, 0.3) is 5.91 Å². The summed E-state index contributed by atoms with van der Waals surface area (Å²) in [6, 6.07) is 13.6. The molecule has 1 N–H and O–H groups in total. The van der Waals surface area contributed by atoms with Gasteiger partial charge in [0.05, 0.1) is 7.11 Å². The Morgan fingerprint density at radius 3 is 2.21 bits per heavy atom. The van der Waals surface area contributed by atoms with Crippen molar-refractivity contribution in [1.82, 2.24) is 10.2 Å². The molecule has 0 unspecified atom stereocenters. The maximum atomic E-state index is 12.9. The predicted octanol–water partition coefficient (Wildman–Crippen LogP) is 3.28. The average Bonchev–Trinajstić information content (AvgIpc) is 2.73. The first-order valence-corrected chi connectivity index (χ1v) is 9.38. The van der Waals surface area contributed by atoms with Crippen LogP contribution in [0.15, 0.2) is 48.5 Å². The Bertz CT molecular complexity index is 778. The van der Waals surface area contributed by atoms with Gasteiger partial charge < -0.3 is 19.7 Å². The van der Waals surface area contributed by atoms with Crippen LogP contribution in [0.5, 0.6) is 11.5 Å². The molecule has 0 aromatic heterocycles. The van der Waals surface area contributed by atoms with Crippen LogP contribution in [-0.4, -0.2) is 43.5 Å². The van der Waals surface area contributed by atoms with Gasteiger partial charge in [0.1, 0.15) is 17.5 Å². The van der Waals surface area contributed by atoms with Crippen molar-refractivity contribution in [3.05, 3.63) is 59.1 Å². The monoisotopic (exact) mass is 404 g/mol. The number of nitrogens with one attached hydrogen (secondary N) is 1. The van der Waals surface area contributed by atoms with E-state index in [0.717, 1.165) is 5.56 Å². The molecule has 28 heavy (non-hydrogen) atoms. The Labute approximate surface area is 170 Å². The topological polar surface area (TPSA) is 67.9 Å². The van der Waals surface area contributed by atoms with E-state index in [0.29, 0.717) is 22.9 Å². The quantitative estimate of drug-likeness (QED) is 0.696. The van der Waals surface area contributed by atoms with Crippen LogP contribution in [-0.2, 0) is 16.1 Å². The number of benzene rings is 2. The number of methoxy groups -OCH3 is 1. The second kappa shape index (κ2) is 10.6. The smallest absolute Gasteiger partial charge is 0.261 e. The van der Waals surface area contributed by atoms with Crippen LogP contribution in [0.3, 0.4) is 0 Å². The molecule has 0 radical (unpaired) electrons. The molecular formula is C21H25ClN2O4. The molecule has 0 aliphatic carbocycles. The van der Waals surface area contributed by atoms with Crippen LogP contribution < -0.4 is 14.8 Å². The van der Waals surface area contributed by atoms with Gasteiger partial charge in [-0.05, 0) is 48.4 Å². The molecule has 0 aliphatic rings. The summed E-state index contributed by atoms with van der Waals surface area (Å²) in [6.45, 7) is 1.98. The lowest BCUT2D eigenvalue weighted by Crippen LogP contribution is -2.49. The molecule has 0 saturated heterocycles. The summed E-state index contributed by atoms with van der Waals surface area (Å²) in [5.41, 5.74) is 0.879. The summed E-state index contributed by atoms with van der Waals surface area (Å²) >= 11 is 5.94. The molecule has 2 amide bonds. The Morgan fingerprint density at radius 2 is 1.68 bits per heavy atom. The van der Waals surface area contributed by atoms with Gasteiger partial charge in [0.2, 0.25) is 5.91 Å². The molecule has 2 rings (SSSR count). The summed E-state index contributed by atoms with van der Waals surface area (Å²) in [6.07, 6.45) is 0.488. The number of hydrogen-bond acceptors (Lipinski definition) is 4. The fourth-order valence-electron chi connectivity index (χ4n) is 2.77. The van der Waals surface area contributed by atoms with Crippen LogP contribution in [0, 0.1) is 0 Å². The second-order valence-electron chi connectivity index (χ2n) is 6.15. The van der Waals surface area contributed by atoms with Gasteiger partial charge in [-0.3, -0.25) is 9.59 Å². The van der Waals surface area contributed by atoms with E-state index in [1.807, 2.05) is 19.1 Å². The average molecular weight is 405 g/mol. The molecule has 7 heteroatoms. The molecule has 0 aliphatic heterocycles. The van der Waals surface area contributed by atoms with Crippen molar-refractivity contribution in [3.8, 4) is 11.5 Å². The predicted molar refractivity (Wildman–Crippen MR) is 109 cm³/mol. The maximum Gasteiger partial charge on any atom is 0.261 e.